The Morgan fingerprint density at radius 1 is 1.11 bits per heavy atom. The summed E-state index contributed by atoms with van der Waals surface area (Å²) in [7, 11) is 0. The number of carbonyl (C=O) groups is 2. The maximum absolute atomic E-state index is 13.7. The standard InChI is InChI=1S/C27H40F3N3O3/c1-19(2)15-23-24(34)31-20(3)18-36-14-5-4-9-26(25(35)32-23)10-12-33(13-11-26)17-21-7-6-8-22(16-21)27(28,29)30/h6-8,16,19-20,23H,4-5,9-15,17-18H2,1-3H3,(H,31,34)(H,32,35)/t20-,23+/m1/s1. The molecule has 2 N–H and O–H groups in total. The molecule has 0 aromatic heterocycles. The van der Waals surface area contributed by atoms with E-state index in [-0.39, 0.29) is 23.8 Å². The molecule has 2 aliphatic rings. The molecule has 0 saturated carbocycles. The third kappa shape index (κ3) is 7.93. The van der Waals surface area contributed by atoms with E-state index in [0.29, 0.717) is 64.1 Å². The van der Waals surface area contributed by atoms with Gasteiger partial charge in [-0.15, -0.1) is 0 Å². The molecule has 0 aliphatic carbocycles. The first-order chi connectivity index (χ1) is 17.0. The molecule has 1 spiro atoms. The van der Waals surface area contributed by atoms with Crippen LogP contribution in [0.5, 0.6) is 0 Å². The smallest absolute Gasteiger partial charge is 0.379 e. The van der Waals surface area contributed by atoms with E-state index in [2.05, 4.69) is 15.5 Å². The minimum atomic E-state index is -4.37. The Balaban J connectivity index is 1.71. The average molecular weight is 512 g/mol. The number of halogens is 3. The van der Waals surface area contributed by atoms with Gasteiger partial charge in [-0.1, -0.05) is 38.5 Å². The van der Waals surface area contributed by atoms with Gasteiger partial charge in [-0.3, -0.25) is 14.5 Å². The predicted octanol–water partition coefficient (Wildman–Crippen LogP) is 4.52. The topological polar surface area (TPSA) is 70.7 Å². The van der Waals surface area contributed by atoms with Gasteiger partial charge in [0.1, 0.15) is 6.04 Å². The van der Waals surface area contributed by atoms with Gasteiger partial charge in [0.25, 0.3) is 0 Å². The normalized spacial score (nSPS) is 25.0. The summed E-state index contributed by atoms with van der Waals surface area (Å²) in [5, 5.41) is 6.04. The second kappa shape index (κ2) is 12.4. The van der Waals surface area contributed by atoms with Crippen molar-refractivity contribution in [3.8, 4) is 0 Å². The van der Waals surface area contributed by atoms with Crippen LogP contribution in [0, 0.1) is 11.3 Å². The monoisotopic (exact) mass is 511 g/mol. The largest absolute Gasteiger partial charge is 0.416 e. The first-order valence-corrected chi connectivity index (χ1v) is 13.1. The van der Waals surface area contributed by atoms with Gasteiger partial charge in [-0.05, 0) is 69.7 Å². The van der Waals surface area contributed by atoms with Crippen LogP contribution in [0.25, 0.3) is 0 Å². The minimum Gasteiger partial charge on any atom is -0.379 e. The Morgan fingerprint density at radius 2 is 1.83 bits per heavy atom. The van der Waals surface area contributed by atoms with Gasteiger partial charge in [0.2, 0.25) is 11.8 Å². The summed E-state index contributed by atoms with van der Waals surface area (Å²) in [5.41, 5.74) is -0.631. The van der Waals surface area contributed by atoms with Crippen LogP contribution in [0.3, 0.4) is 0 Å². The van der Waals surface area contributed by atoms with Crippen LogP contribution in [0.1, 0.15) is 70.4 Å². The maximum atomic E-state index is 13.7. The second-order valence-corrected chi connectivity index (χ2v) is 10.9. The molecule has 0 unspecified atom stereocenters. The number of ether oxygens (including phenoxy) is 1. The fraction of sp³-hybridized carbons (Fsp3) is 0.704. The number of alkyl halides is 3. The molecular weight excluding hydrogens is 471 g/mol. The zero-order chi connectivity index (χ0) is 26.3. The van der Waals surface area contributed by atoms with E-state index in [1.165, 1.54) is 12.1 Å². The molecule has 0 bridgehead atoms. The van der Waals surface area contributed by atoms with Gasteiger partial charge < -0.3 is 15.4 Å². The number of carbonyl (C=O) groups excluding carboxylic acids is 2. The van der Waals surface area contributed by atoms with E-state index in [1.807, 2.05) is 20.8 Å². The number of likely N-dealkylation sites (tertiary alicyclic amines) is 1. The number of benzene rings is 1. The van der Waals surface area contributed by atoms with E-state index < -0.39 is 23.2 Å². The van der Waals surface area contributed by atoms with E-state index in [9.17, 15) is 22.8 Å². The van der Waals surface area contributed by atoms with E-state index in [4.69, 9.17) is 4.74 Å². The summed E-state index contributed by atoms with van der Waals surface area (Å²) in [6, 6.07) is 4.68. The molecule has 2 heterocycles. The SMILES string of the molecule is CC(C)C[C@@H]1NC(=O)C2(CCCCOC[C@@H](C)NC1=O)CCN(Cc1cccc(C(F)(F)F)c1)CC2. The van der Waals surface area contributed by atoms with E-state index >= 15 is 0 Å². The van der Waals surface area contributed by atoms with Gasteiger partial charge in [-0.2, -0.15) is 13.2 Å². The molecule has 2 fully saturated rings. The van der Waals surface area contributed by atoms with Gasteiger partial charge in [0.15, 0.2) is 0 Å². The minimum absolute atomic E-state index is 0.0881. The quantitative estimate of drug-likeness (QED) is 0.624. The summed E-state index contributed by atoms with van der Waals surface area (Å²) in [6.07, 6.45) is -0.248. The fourth-order valence-corrected chi connectivity index (χ4v) is 5.16. The molecule has 202 valence electrons. The number of nitrogens with one attached hydrogen (secondary N) is 2. The molecule has 2 atom stereocenters. The van der Waals surface area contributed by atoms with Crippen LogP contribution in [0.4, 0.5) is 13.2 Å². The van der Waals surface area contributed by atoms with Gasteiger partial charge >= 0.3 is 6.18 Å². The summed E-state index contributed by atoms with van der Waals surface area (Å²) in [5.74, 6) is -0.0482. The first kappa shape index (κ1) is 28.4. The van der Waals surface area contributed by atoms with E-state index in [1.54, 1.807) is 6.07 Å². The third-order valence-electron chi connectivity index (χ3n) is 7.23. The lowest BCUT2D eigenvalue weighted by atomic mass is 9.73. The number of hydrogen-bond acceptors (Lipinski definition) is 4. The highest BCUT2D eigenvalue weighted by molar-refractivity contribution is 5.90. The Bertz CT molecular complexity index is 883. The van der Waals surface area contributed by atoms with E-state index in [0.717, 1.165) is 18.9 Å². The van der Waals surface area contributed by atoms with Crippen LogP contribution in [0.2, 0.25) is 0 Å². The average Bonchev–Trinajstić information content (AvgIpc) is 2.81. The Labute approximate surface area is 212 Å². The predicted molar refractivity (Wildman–Crippen MR) is 132 cm³/mol. The zero-order valence-electron chi connectivity index (χ0n) is 21.6. The summed E-state index contributed by atoms with van der Waals surface area (Å²) in [6.45, 7) is 8.58. The van der Waals surface area contributed by atoms with Crippen LogP contribution in [-0.2, 0) is 27.0 Å². The third-order valence-corrected chi connectivity index (χ3v) is 7.23. The van der Waals surface area contributed by atoms with Crippen molar-refractivity contribution in [1.29, 1.82) is 0 Å². The molecular formula is C27H40F3N3O3. The van der Waals surface area contributed by atoms with Crippen molar-refractivity contribution >= 4 is 11.8 Å². The molecule has 1 aromatic carbocycles. The molecule has 2 aliphatic heterocycles. The van der Waals surface area contributed by atoms with Crippen molar-refractivity contribution in [2.24, 2.45) is 11.3 Å². The highest BCUT2D eigenvalue weighted by atomic mass is 19.4. The van der Waals surface area contributed by atoms with Gasteiger partial charge in [0.05, 0.1) is 17.6 Å². The molecule has 2 saturated heterocycles. The molecule has 0 radical (unpaired) electrons. The number of nitrogens with zero attached hydrogens (tertiary/aromatic N) is 1. The molecule has 1 aromatic rings. The van der Waals surface area contributed by atoms with Crippen molar-refractivity contribution in [2.45, 2.75) is 84.1 Å². The lowest BCUT2D eigenvalue weighted by Crippen LogP contribution is -2.55. The van der Waals surface area contributed by atoms with Gasteiger partial charge in [-0.25, -0.2) is 0 Å². The highest BCUT2D eigenvalue weighted by Gasteiger charge is 2.42. The van der Waals surface area contributed by atoms with Crippen molar-refractivity contribution in [3.05, 3.63) is 35.4 Å². The van der Waals surface area contributed by atoms with Crippen LogP contribution >= 0.6 is 0 Å². The lowest BCUT2D eigenvalue weighted by molar-refractivity contribution is -0.139. The fourth-order valence-electron chi connectivity index (χ4n) is 5.16. The summed E-state index contributed by atoms with van der Waals surface area (Å²) >= 11 is 0. The van der Waals surface area contributed by atoms with Crippen LogP contribution in [-0.4, -0.2) is 55.1 Å². The maximum Gasteiger partial charge on any atom is 0.416 e. The highest BCUT2D eigenvalue weighted by Crippen LogP contribution is 2.38. The second-order valence-electron chi connectivity index (χ2n) is 10.9. The Kier molecular flexibility index (Phi) is 9.80. The summed E-state index contributed by atoms with van der Waals surface area (Å²) < 4.78 is 45.1. The van der Waals surface area contributed by atoms with Crippen molar-refractivity contribution in [3.63, 3.8) is 0 Å². The molecule has 9 heteroatoms. The summed E-state index contributed by atoms with van der Waals surface area (Å²) in [4.78, 5) is 28.7. The zero-order valence-corrected chi connectivity index (χ0v) is 21.6. The molecule has 3 rings (SSSR count). The van der Waals surface area contributed by atoms with Crippen molar-refractivity contribution in [2.75, 3.05) is 26.3 Å². The number of rotatable bonds is 4. The van der Waals surface area contributed by atoms with Crippen molar-refractivity contribution in [1.82, 2.24) is 15.5 Å². The molecule has 2 amide bonds. The van der Waals surface area contributed by atoms with Crippen LogP contribution < -0.4 is 10.6 Å². The van der Waals surface area contributed by atoms with Crippen LogP contribution in [0.15, 0.2) is 24.3 Å². The number of piperidine rings is 1. The number of amides is 2. The first-order valence-electron chi connectivity index (χ1n) is 13.1. The number of hydrogen-bond donors (Lipinski definition) is 2. The Morgan fingerprint density at radius 3 is 2.50 bits per heavy atom. The lowest BCUT2D eigenvalue weighted by Gasteiger charge is -2.41. The van der Waals surface area contributed by atoms with Gasteiger partial charge in [0, 0.05) is 19.2 Å². The Hall–Kier alpha value is -2.13. The van der Waals surface area contributed by atoms with Crippen molar-refractivity contribution < 1.29 is 27.5 Å². The molecule has 36 heavy (non-hydrogen) atoms. The molecule has 6 nitrogen and oxygen atoms in total.